The topological polar surface area (TPSA) is 158 Å². The zero-order valence-electron chi connectivity index (χ0n) is 17.4. The van der Waals surface area contributed by atoms with Crippen LogP contribution in [0.1, 0.15) is 34.1 Å². The Balaban J connectivity index is 1.98. The number of hydrogen-bond acceptors (Lipinski definition) is 10. The van der Waals surface area contributed by atoms with Crippen LogP contribution in [0.25, 0.3) is 0 Å². The van der Waals surface area contributed by atoms with Crippen molar-refractivity contribution in [3.63, 3.8) is 0 Å². The monoisotopic (exact) mass is 424 g/mol. The second-order valence-corrected chi connectivity index (χ2v) is 8.42. The van der Waals surface area contributed by atoms with E-state index in [9.17, 15) is 30.6 Å². The van der Waals surface area contributed by atoms with E-state index in [0.717, 1.165) is 0 Å². The number of aliphatic hydroxyl groups excluding tert-OH is 6. The highest BCUT2D eigenvalue weighted by Crippen LogP contribution is 2.30. The lowest BCUT2D eigenvalue weighted by molar-refractivity contribution is -0.313. The van der Waals surface area contributed by atoms with Crippen molar-refractivity contribution < 1.29 is 49.6 Å². The summed E-state index contributed by atoms with van der Waals surface area (Å²) in [6, 6.07) is 0. The standard InChI is InChI=1S/C19H36O10/c1-8(2)26-6-10-5-11(14(21)16(23)13(10)20)27-7-12-15(22)17(24)18(25)19(29-12)28-9(3)4/h8-25H,5-7H2,1-4H3. The molecule has 0 aromatic carbocycles. The van der Waals surface area contributed by atoms with Crippen molar-refractivity contribution in [3.8, 4) is 0 Å². The molecular formula is C19H36O10. The molecule has 10 unspecified atom stereocenters. The average molecular weight is 424 g/mol. The average Bonchev–Trinajstić information content (AvgIpc) is 2.65. The van der Waals surface area contributed by atoms with E-state index in [4.69, 9.17) is 18.9 Å². The predicted octanol–water partition coefficient (Wildman–Crippen LogP) is -1.87. The molecule has 2 fully saturated rings. The van der Waals surface area contributed by atoms with Crippen LogP contribution in [0.5, 0.6) is 0 Å². The summed E-state index contributed by atoms with van der Waals surface area (Å²) in [6.45, 7) is 7.16. The zero-order valence-corrected chi connectivity index (χ0v) is 17.4. The van der Waals surface area contributed by atoms with E-state index in [-0.39, 0.29) is 31.8 Å². The molecule has 0 bridgehead atoms. The summed E-state index contributed by atoms with van der Waals surface area (Å²) in [7, 11) is 0. The highest BCUT2D eigenvalue weighted by molar-refractivity contribution is 4.94. The first-order chi connectivity index (χ1) is 13.5. The fraction of sp³-hybridized carbons (Fsp3) is 1.00. The smallest absolute Gasteiger partial charge is 0.186 e. The fourth-order valence-corrected chi connectivity index (χ4v) is 3.58. The predicted molar refractivity (Wildman–Crippen MR) is 99.9 cm³/mol. The van der Waals surface area contributed by atoms with Crippen LogP contribution in [-0.2, 0) is 18.9 Å². The molecule has 6 N–H and O–H groups in total. The maximum absolute atomic E-state index is 10.3. The first-order valence-electron chi connectivity index (χ1n) is 10.1. The van der Waals surface area contributed by atoms with Crippen LogP contribution in [0.4, 0.5) is 0 Å². The van der Waals surface area contributed by atoms with Crippen molar-refractivity contribution in [3.05, 3.63) is 0 Å². The highest BCUT2D eigenvalue weighted by Gasteiger charge is 2.47. The zero-order chi connectivity index (χ0) is 21.9. The molecule has 1 aliphatic carbocycles. The van der Waals surface area contributed by atoms with Crippen LogP contribution in [0, 0.1) is 5.92 Å². The number of hydrogen-bond donors (Lipinski definition) is 6. The van der Waals surface area contributed by atoms with Gasteiger partial charge in [-0.15, -0.1) is 0 Å². The van der Waals surface area contributed by atoms with Gasteiger partial charge in [0.2, 0.25) is 0 Å². The third-order valence-electron chi connectivity index (χ3n) is 5.29. The van der Waals surface area contributed by atoms with Gasteiger partial charge >= 0.3 is 0 Å². The van der Waals surface area contributed by atoms with E-state index in [1.165, 1.54) is 0 Å². The molecule has 29 heavy (non-hydrogen) atoms. The summed E-state index contributed by atoms with van der Waals surface area (Å²) in [6.07, 6.45) is -11.3. The molecule has 1 heterocycles. The van der Waals surface area contributed by atoms with Gasteiger partial charge in [-0.2, -0.15) is 0 Å². The van der Waals surface area contributed by atoms with Crippen LogP contribution in [-0.4, -0.2) is 111 Å². The van der Waals surface area contributed by atoms with Gasteiger partial charge in [0.15, 0.2) is 6.29 Å². The van der Waals surface area contributed by atoms with Gasteiger partial charge in [0.05, 0.1) is 37.6 Å². The van der Waals surface area contributed by atoms with Gasteiger partial charge in [0, 0.05) is 5.92 Å². The van der Waals surface area contributed by atoms with Crippen LogP contribution in [0.15, 0.2) is 0 Å². The van der Waals surface area contributed by atoms with Crippen molar-refractivity contribution in [2.24, 2.45) is 5.92 Å². The molecule has 10 heteroatoms. The van der Waals surface area contributed by atoms with E-state index >= 15 is 0 Å². The lowest BCUT2D eigenvalue weighted by atomic mass is 9.81. The Morgan fingerprint density at radius 2 is 1.38 bits per heavy atom. The summed E-state index contributed by atoms with van der Waals surface area (Å²) >= 11 is 0. The number of aliphatic hydroxyl groups is 6. The Hall–Kier alpha value is -0.400. The normalized spacial score (nSPS) is 43.9. The molecule has 0 spiro atoms. The van der Waals surface area contributed by atoms with Crippen LogP contribution < -0.4 is 0 Å². The van der Waals surface area contributed by atoms with Crippen molar-refractivity contribution in [1.82, 2.24) is 0 Å². The van der Waals surface area contributed by atoms with E-state index < -0.39 is 61.0 Å². The van der Waals surface area contributed by atoms with Crippen molar-refractivity contribution in [2.75, 3.05) is 13.2 Å². The minimum Gasteiger partial charge on any atom is -0.390 e. The van der Waals surface area contributed by atoms with E-state index in [1.807, 2.05) is 13.8 Å². The van der Waals surface area contributed by atoms with E-state index in [2.05, 4.69) is 0 Å². The van der Waals surface area contributed by atoms with Crippen LogP contribution in [0.3, 0.4) is 0 Å². The van der Waals surface area contributed by atoms with Crippen molar-refractivity contribution in [2.45, 2.75) is 101 Å². The molecule has 2 aliphatic rings. The number of rotatable bonds is 8. The second-order valence-electron chi connectivity index (χ2n) is 8.42. The fourth-order valence-electron chi connectivity index (χ4n) is 3.58. The molecule has 2 rings (SSSR count). The van der Waals surface area contributed by atoms with Gasteiger partial charge in [0.25, 0.3) is 0 Å². The highest BCUT2D eigenvalue weighted by atomic mass is 16.7. The van der Waals surface area contributed by atoms with Crippen LogP contribution in [0.2, 0.25) is 0 Å². The summed E-state index contributed by atoms with van der Waals surface area (Å²) in [4.78, 5) is 0. The molecular weight excluding hydrogens is 388 g/mol. The first kappa shape index (κ1) is 24.9. The Kier molecular flexibility index (Phi) is 9.23. The van der Waals surface area contributed by atoms with Gasteiger partial charge in [-0.05, 0) is 34.1 Å². The van der Waals surface area contributed by atoms with Crippen molar-refractivity contribution >= 4 is 0 Å². The minimum atomic E-state index is -1.49. The second kappa shape index (κ2) is 10.8. The SMILES string of the molecule is CC(C)OCC1CC(OCC2OC(OC(C)C)C(O)C(O)C2O)C(O)C(O)C1O. The van der Waals surface area contributed by atoms with Gasteiger partial charge < -0.3 is 49.6 Å². The molecule has 10 nitrogen and oxygen atoms in total. The lowest BCUT2D eigenvalue weighted by Gasteiger charge is -2.43. The largest absolute Gasteiger partial charge is 0.390 e. The Labute approximate surface area is 171 Å². The Bertz CT molecular complexity index is 490. The maximum atomic E-state index is 10.3. The van der Waals surface area contributed by atoms with Gasteiger partial charge in [-0.25, -0.2) is 0 Å². The maximum Gasteiger partial charge on any atom is 0.186 e. The molecule has 0 radical (unpaired) electrons. The van der Waals surface area contributed by atoms with Crippen LogP contribution >= 0.6 is 0 Å². The molecule has 1 saturated heterocycles. The van der Waals surface area contributed by atoms with Gasteiger partial charge in [-0.1, -0.05) is 0 Å². The lowest BCUT2D eigenvalue weighted by Crippen LogP contribution is -2.60. The third kappa shape index (κ3) is 6.30. The summed E-state index contributed by atoms with van der Waals surface area (Å²) in [5.74, 6) is -0.442. The molecule has 0 aromatic heterocycles. The molecule has 172 valence electrons. The molecule has 0 aromatic rings. The molecule has 1 aliphatic heterocycles. The minimum absolute atomic E-state index is 0.0536. The third-order valence-corrected chi connectivity index (χ3v) is 5.29. The van der Waals surface area contributed by atoms with Gasteiger partial charge in [-0.3, -0.25) is 0 Å². The van der Waals surface area contributed by atoms with Gasteiger partial charge in [0.1, 0.15) is 36.6 Å². The van der Waals surface area contributed by atoms with E-state index in [0.29, 0.717) is 0 Å². The summed E-state index contributed by atoms with van der Waals surface area (Å²) in [5.41, 5.74) is 0. The Morgan fingerprint density at radius 1 is 0.759 bits per heavy atom. The van der Waals surface area contributed by atoms with E-state index in [1.54, 1.807) is 13.8 Å². The summed E-state index contributed by atoms with van der Waals surface area (Å²) in [5, 5.41) is 60.9. The molecule has 10 atom stereocenters. The molecule has 0 amide bonds. The first-order valence-corrected chi connectivity index (χ1v) is 10.1. The quantitative estimate of drug-likeness (QED) is 0.261. The number of ether oxygens (including phenoxy) is 4. The summed E-state index contributed by atoms with van der Waals surface area (Å²) < 4.78 is 22.2. The van der Waals surface area contributed by atoms with Crippen molar-refractivity contribution in [1.29, 1.82) is 0 Å². The Morgan fingerprint density at radius 3 is 1.97 bits per heavy atom. The molecule has 1 saturated carbocycles.